The number of nitrogens with one attached hydrogen (secondary N) is 3. The third-order valence-corrected chi connectivity index (χ3v) is 4.12. The largest absolute Gasteiger partial charge is 0.469 e. The Kier molecular flexibility index (Phi) is 6.06. The Balaban J connectivity index is 1.57. The molecule has 3 amide bonds. The van der Waals surface area contributed by atoms with Gasteiger partial charge in [-0.2, -0.15) is 0 Å². The minimum Gasteiger partial charge on any atom is -0.469 e. The highest BCUT2D eigenvalue weighted by atomic mass is 19.1. The second-order valence-electron chi connectivity index (χ2n) is 6.16. The van der Waals surface area contributed by atoms with Gasteiger partial charge in [-0.3, -0.25) is 4.79 Å². The molecule has 7 heteroatoms. The highest BCUT2D eigenvalue weighted by Crippen LogP contribution is 2.21. The zero-order valence-corrected chi connectivity index (χ0v) is 15.3. The molecule has 3 aromatic rings. The molecule has 0 aliphatic carbocycles. The lowest BCUT2D eigenvalue weighted by Crippen LogP contribution is -2.30. The van der Waals surface area contributed by atoms with Gasteiger partial charge < -0.3 is 20.4 Å². The topological polar surface area (TPSA) is 83.4 Å². The third kappa shape index (κ3) is 4.97. The molecule has 0 unspecified atom stereocenters. The van der Waals surface area contributed by atoms with E-state index in [-0.39, 0.29) is 5.69 Å². The van der Waals surface area contributed by atoms with Gasteiger partial charge in [-0.05, 0) is 43.2 Å². The van der Waals surface area contributed by atoms with E-state index in [0.29, 0.717) is 30.0 Å². The molecule has 0 saturated heterocycles. The first-order valence-electron chi connectivity index (χ1n) is 8.76. The maximum absolute atomic E-state index is 14.0. The molecule has 0 fully saturated rings. The second kappa shape index (κ2) is 8.85. The summed E-state index contributed by atoms with van der Waals surface area (Å²) in [5, 5.41) is 7.86. The van der Waals surface area contributed by atoms with Crippen LogP contribution in [0.3, 0.4) is 0 Å². The molecule has 1 heterocycles. The van der Waals surface area contributed by atoms with E-state index < -0.39 is 17.8 Å². The summed E-state index contributed by atoms with van der Waals surface area (Å²) in [4.78, 5) is 24.3. The van der Waals surface area contributed by atoms with Crippen molar-refractivity contribution >= 4 is 23.3 Å². The summed E-state index contributed by atoms with van der Waals surface area (Å²) in [6.45, 7) is 2.10. The number of hydrogen-bond donors (Lipinski definition) is 3. The number of furan rings is 1. The highest BCUT2D eigenvalue weighted by molar-refractivity contribution is 6.05. The van der Waals surface area contributed by atoms with Crippen molar-refractivity contribution in [2.24, 2.45) is 0 Å². The molecular weight excluding hydrogens is 361 g/mol. The molecule has 3 rings (SSSR count). The second-order valence-corrected chi connectivity index (χ2v) is 6.16. The molecule has 0 saturated carbocycles. The quantitative estimate of drug-likeness (QED) is 0.594. The van der Waals surface area contributed by atoms with Crippen LogP contribution in [-0.4, -0.2) is 18.5 Å². The number of anilines is 2. The van der Waals surface area contributed by atoms with Crippen molar-refractivity contribution in [2.45, 2.75) is 13.3 Å². The summed E-state index contributed by atoms with van der Waals surface area (Å²) in [5.74, 6) is -0.663. The van der Waals surface area contributed by atoms with Gasteiger partial charge in [-0.1, -0.05) is 30.3 Å². The number of amides is 3. The fraction of sp³-hybridized carbons (Fsp3) is 0.143. The van der Waals surface area contributed by atoms with Gasteiger partial charge in [-0.25, -0.2) is 9.18 Å². The molecule has 0 aliphatic rings. The van der Waals surface area contributed by atoms with Crippen molar-refractivity contribution in [3.63, 3.8) is 0 Å². The van der Waals surface area contributed by atoms with Crippen LogP contribution in [0.25, 0.3) is 0 Å². The van der Waals surface area contributed by atoms with Gasteiger partial charge in [0, 0.05) is 12.2 Å². The lowest BCUT2D eigenvalue weighted by atomic mass is 10.1. The fourth-order valence-electron chi connectivity index (χ4n) is 2.65. The standard InChI is InChI=1S/C21H20FN3O3/c1-14-17(10-12-28-14)20(26)25-19-13-16(7-8-18(19)22)24-21(27)23-11-9-15-5-3-2-4-6-15/h2-8,10,12-13H,9,11H2,1H3,(H,25,26)(H2,23,24,27). The number of carbonyl (C=O) groups is 2. The van der Waals surface area contributed by atoms with Crippen LogP contribution in [0.5, 0.6) is 0 Å². The number of halogens is 1. The minimum atomic E-state index is -0.607. The number of aryl methyl sites for hydroxylation is 1. The molecule has 1 aromatic heterocycles. The maximum atomic E-state index is 14.0. The molecule has 2 aromatic carbocycles. The summed E-state index contributed by atoms with van der Waals surface area (Å²) in [5.41, 5.74) is 1.76. The van der Waals surface area contributed by atoms with Gasteiger partial charge in [0.25, 0.3) is 5.91 Å². The lowest BCUT2D eigenvalue weighted by Gasteiger charge is -2.11. The number of rotatable bonds is 6. The van der Waals surface area contributed by atoms with Crippen molar-refractivity contribution in [1.29, 1.82) is 0 Å². The van der Waals surface area contributed by atoms with Gasteiger partial charge in [0.2, 0.25) is 0 Å². The monoisotopic (exact) mass is 381 g/mol. The zero-order chi connectivity index (χ0) is 19.9. The molecule has 3 N–H and O–H groups in total. The van der Waals surface area contributed by atoms with E-state index in [9.17, 15) is 14.0 Å². The van der Waals surface area contributed by atoms with E-state index in [4.69, 9.17) is 4.42 Å². The summed E-state index contributed by atoms with van der Waals surface area (Å²) >= 11 is 0. The Morgan fingerprint density at radius 2 is 1.82 bits per heavy atom. The lowest BCUT2D eigenvalue weighted by molar-refractivity contribution is 0.102. The summed E-state index contributed by atoms with van der Waals surface area (Å²) < 4.78 is 19.1. The smallest absolute Gasteiger partial charge is 0.319 e. The Morgan fingerprint density at radius 3 is 2.54 bits per heavy atom. The van der Waals surface area contributed by atoms with Crippen LogP contribution < -0.4 is 16.0 Å². The number of benzene rings is 2. The summed E-state index contributed by atoms with van der Waals surface area (Å²) in [7, 11) is 0. The molecule has 28 heavy (non-hydrogen) atoms. The molecular formula is C21H20FN3O3. The predicted molar refractivity (Wildman–Crippen MR) is 105 cm³/mol. The van der Waals surface area contributed by atoms with Gasteiger partial charge in [0.15, 0.2) is 0 Å². The van der Waals surface area contributed by atoms with E-state index in [1.54, 1.807) is 6.92 Å². The first-order chi connectivity index (χ1) is 13.5. The van der Waals surface area contributed by atoms with Crippen molar-refractivity contribution in [2.75, 3.05) is 17.2 Å². The zero-order valence-electron chi connectivity index (χ0n) is 15.3. The normalized spacial score (nSPS) is 10.4. The molecule has 0 aliphatic heterocycles. The number of hydrogen-bond acceptors (Lipinski definition) is 3. The Hall–Kier alpha value is -3.61. The van der Waals surface area contributed by atoms with Gasteiger partial charge in [0.05, 0.1) is 17.5 Å². The summed E-state index contributed by atoms with van der Waals surface area (Å²) in [6.07, 6.45) is 2.08. The van der Waals surface area contributed by atoms with Crippen LogP contribution in [-0.2, 0) is 6.42 Å². The van der Waals surface area contributed by atoms with Crippen LogP contribution >= 0.6 is 0 Å². The first-order valence-corrected chi connectivity index (χ1v) is 8.76. The Morgan fingerprint density at radius 1 is 1.04 bits per heavy atom. The van der Waals surface area contributed by atoms with E-state index in [1.165, 1.54) is 30.5 Å². The van der Waals surface area contributed by atoms with Crippen LogP contribution in [0.4, 0.5) is 20.6 Å². The minimum absolute atomic E-state index is 0.0346. The van der Waals surface area contributed by atoms with Crippen molar-refractivity contribution in [3.8, 4) is 0 Å². The maximum Gasteiger partial charge on any atom is 0.319 e. The van der Waals surface area contributed by atoms with Crippen molar-refractivity contribution < 1.29 is 18.4 Å². The molecule has 0 radical (unpaired) electrons. The van der Waals surface area contributed by atoms with E-state index in [0.717, 1.165) is 5.56 Å². The van der Waals surface area contributed by atoms with Gasteiger partial charge in [0.1, 0.15) is 11.6 Å². The average Bonchev–Trinajstić information content (AvgIpc) is 3.11. The molecule has 144 valence electrons. The van der Waals surface area contributed by atoms with Crippen LogP contribution in [0, 0.1) is 12.7 Å². The Labute approximate surface area is 161 Å². The van der Waals surface area contributed by atoms with Gasteiger partial charge >= 0.3 is 6.03 Å². The molecule has 6 nitrogen and oxygen atoms in total. The van der Waals surface area contributed by atoms with Crippen molar-refractivity contribution in [1.82, 2.24) is 5.32 Å². The third-order valence-electron chi connectivity index (χ3n) is 4.12. The van der Waals surface area contributed by atoms with Crippen LogP contribution in [0.15, 0.2) is 65.3 Å². The van der Waals surface area contributed by atoms with Crippen LogP contribution in [0.1, 0.15) is 21.7 Å². The number of carbonyl (C=O) groups excluding carboxylic acids is 2. The van der Waals surface area contributed by atoms with E-state index in [1.807, 2.05) is 30.3 Å². The van der Waals surface area contributed by atoms with E-state index in [2.05, 4.69) is 16.0 Å². The van der Waals surface area contributed by atoms with Crippen molar-refractivity contribution in [3.05, 3.63) is 83.6 Å². The average molecular weight is 381 g/mol. The molecule has 0 bridgehead atoms. The fourth-order valence-corrected chi connectivity index (χ4v) is 2.65. The van der Waals surface area contributed by atoms with Gasteiger partial charge in [-0.15, -0.1) is 0 Å². The SMILES string of the molecule is Cc1occc1C(=O)Nc1cc(NC(=O)NCCc2ccccc2)ccc1F. The predicted octanol–water partition coefficient (Wildman–Crippen LogP) is 4.34. The Bertz CT molecular complexity index is 970. The molecule has 0 spiro atoms. The number of urea groups is 1. The summed E-state index contributed by atoms with van der Waals surface area (Å²) in [6, 6.07) is 14.8. The molecule has 0 atom stereocenters. The van der Waals surface area contributed by atoms with E-state index >= 15 is 0 Å². The first kappa shape index (κ1) is 19.2. The van der Waals surface area contributed by atoms with Crippen LogP contribution in [0.2, 0.25) is 0 Å². The highest BCUT2D eigenvalue weighted by Gasteiger charge is 2.14.